The molecule has 0 aliphatic carbocycles. The van der Waals surface area contributed by atoms with Crippen molar-refractivity contribution in [1.82, 2.24) is 15.3 Å². The first kappa shape index (κ1) is 22.8. The lowest BCUT2D eigenvalue weighted by Crippen LogP contribution is -2.32. The predicted octanol–water partition coefficient (Wildman–Crippen LogP) is 6.23. The molecule has 0 fully saturated rings. The van der Waals surface area contributed by atoms with E-state index in [2.05, 4.69) is 10.2 Å². The maximum atomic E-state index is 12.9. The van der Waals surface area contributed by atoms with Crippen LogP contribution < -0.4 is 10.2 Å². The van der Waals surface area contributed by atoms with Crippen LogP contribution in [-0.4, -0.2) is 22.4 Å². The Morgan fingerprint density at radius 1 is 1.00 bits per heavy atom. The minimum absolute atomic E-state index is 0.0114. The second kappa shape index (κ2) is 10.5. The van der Waals surface area contributed by atoms with Crippen molar-refractivity contribution in [2.45, 2.75) is 25.9 Å². The van der Waals surface area contributed by atoms with Gasteiger partial charge in [0.05, 0.1) is 29.2 Å². The Morgan fingerprint density at radius 2 is 1.83 bits per heavy atom. The molecule has 7 heteroatoms. The van der Waals surface area contributed by atoms with E-state index in [0.29, 0.717) is 25.3 Å². The third-order valence-electron chi connectivity index (χ3n) is 5.84. The molecule has 1 amide bonds. The van der Waals surface area contributed by atoms with Crippen LogP contribution >= 0.6 is 11.3 Å². The zero-order valence-corrected chi connectivity index (χ0v) is 20.2. The largest absolute Gasteiger partial charge is 0.467 e. The molecule has 3 heterocycles. The van der Waals surface area contributed by atoms with Gasteiger partial charge in [0.15, 0.2) is 5.82 Å². The highest BCUT2D eigenvalue weighted by atomic mass is 32.1. The molecule has 0 bridgehead atoms. The van der Waals surface area contributed by atoms with Gasteiger partial charge in [-0.25, -0.2) is 9.97 Å². The summed E-state index contributed by atoms with van der Waals surface area (Å²) in [4.78, 5) is 25.8. The summed E-state index contributed by atoms with van der Waals surface area (Å²) < 4.78 is 5.65. The van der Waals surface area contributed by atoms with E-state index in [1.807, 2.05) is 91.2 Å². The number of fused-ring (bicyclic) bond motifs is 1. The van der Waals surface area contributed by atoms with Gasteiger partial charge < -0.3 is 14.6 Å². The highest BCUT2D eigenvalue weighted by Gasteiger charge is 2.19. The molecule has 2 aromatic carbocycles. The summed E-state index contributed by atoms with van der Waals surface area (Å²) in [6, 6.07) is 25.7. The van der Waals surface area contributed by atoms with Crippen molar-refractivity contribution >= 4 is 34.0 Å². The van der Waals surface area contributed by atoms with E-state index in [0.717, 1.165) is 32.9 Å². The average molecular weight is 483 g/mol. The van der Waals surface area contributed by atoms with Gasteiger partial charge in [0.2, 0.25) is 5.91 Å². The first-order valence-corrected chi connectivity index (χ1v) is 12.5. The van der Waals surface area contributed by atoms with E-state index in [-0.39, 0.29) is 11.9 Å². The normalized spacial score (nSPS) is 11.9. The van der Waals surface area contributed by atoms with Crippen LogP contribution in [0.4, 0.5) is 5.82 Å². The topological polar surface area (TPSA) is 71.3 Å². The average Bonchev–Trinajstić information content (AvgIpc) is 3.61. The van der Waals surface area contributed by atoms with Gasteiger partial charge in [-0.2, -0.15) is 0 Å². The number of furan rings is 1. The number of aromatic nitrogens is 2. The Hall–Kier alpha value is -3.97. The van der Waals surface area contributed by atoms with Crippen LogP contribution in [0.25, 0.3) is 21.6 Å². The van der Waals surface area contributed by atoms with Gasteiger partial charge >= 0.3 is 0 Å². The second-order valence-corrected chi connectivity index (χ2v) is 9.26. The van der Waals surface area contributed by atoms with E-state index in [9.17, 15) is 4.79 Å². The molecule has 1 N–H and O–H groups in total. The fraction of sp³-hybridized carbons (Fsp3) is 0.179. The molecule has 176 valence electrons. The predicted molar refractivity (Wildman–Crippen MR) is 140 cm³/mol. The minimum Gasteiger partial charge on any atom is -0.467 e. The summed E-state index contributed by atoms with van der Waals surface area (Å²) in [7, 11) is 0. The monoisotopic (exact) mass is 482 g/mol. The van der Waals surface area contributed by atoms with Crippen molar-refractivity contribution in [2.75, 3.05) is 11.4 Å². The van der Waals surface area contributed by atoms with Gasteiger partial charge in [0, 0.05) is 18.4 Å². The van der Waals surface area contributed by atoms with Crippen LogP contribution in [0.5, 0.6) is 0 Å². The number of nitrogens with one attached hydrogen (secondary N) is 1. The Kier molecular flexibility index (Phi) is 6.86. The summed E-state index contributed by atoms with van der Waals surface area (Å²) in [6.45, 7) is 2.98. The first-order valence-electron chi connectivity index (χ1n) is 11.6. The fourth-order valence-electron chi connectivity index (χ4n) is 4.04. The van der Waals surface area contributed by atoms with Crippen molar-refractivity contribution in [3.63, 3.8) is 0 Å². The van der Waals surface area contributed by atoms with Crippen LogP contribution in [0, 0.1) is 0 Å². The molecule has 5 rings (SSSR count). The maximum absolute atomic E-state index is 12.9. The second-order valence-electron chi connectivity index (χ2n) is 8.32. The molecule has 0 saturated heterocycles. The Balaban J connectivity index is 1.43. The van der Waals surface area contributed by atoms with E-state index >= 15 is 0 Å². The number of thiophene rings is 1. The van der Waals surface area contributed by atoms with Crippen molar-refractivity contribution in [1.29, 1.82) is 0 Å². The fourth-order valence-corrected chi connectivity index (χ4v) is 4.70. The van der Waals surface area contributed by atoms with Crippen LogP contribution in [0.1, 0.15) is 30.7 Å². The number of hydrogen-bond donors (Lipinski definition) is 1. The molecule has 1 atom stereocenters. The molecule has 6 nitrogen and oxygen atoms in total. The number of para-hydroxylation sites is 1. The lowest BCUT2D eigenvalue weighted by atomic mass is 10.1. The zero-order valence-electron chi connectivity index (χ0n) is 19.4. The van der Waals surface area contributed by atoms with Crippen LogP contribution in [0.3, 0.4) is 0 Å². The van der Waals surface area contributed by atoms with Gasteiger partial charge in [-0.1, -0.05) is 48.5 Å². The maximum Gasteiger partial charge on any atom is 0.222 e. The molecule has 5 aromatic rings. The zero-order chi connectivity index (χ0) is 24.0. The van der Waals surface area contributed by atoms with Gasteiger partial charge in [-0.15, -0.1) is 11.3 Å². The first-order chi connectivity index (χ1) is 17.2. The number of carbonyl (C=O) groups excluding carboxylic acids is 1. The molecule has 0 aliphatic heterocycles. The molecule has 0 unspecified atom stereocenters. The molecule has 0 aliphatic rings. The van der Waals surface area contributed by atoms with Crippen molar-refractivity contribution in [2.24, 2.45) is 0 Å². The molecule has 0 radical (unpaired) electrons. The third-order valence-corrected chi connectivity index (χ3v) is 6.70. The van der Waals surface area contributed by atoms with E-state index in [1.54, 1.807) is 17.6 Å². The molecule has 3 aromatic heterocycles. The summed E-state index contributed by atoms with van der Waals surface area (Å²) in [5, 5.41) is 6.07. The Morgan fingerprint density at radius 3 is 2.60 bits per heavy atom. The van der Waals surface area contributed by atoms with E-state index in [1.165, 1.54) is 0 Å². The lowest BCUT2D eigenvalue weighted by Gasteiger charge is -2.25. The SMILES string of the molecule is C[C@@H](NC(=O)CCN(Cc1ccco1)c1nc(-c2cccs2)nc2ccccc12)c1ccccc1. The standard InChI is InChI=1S/C28H26N4O2S/c1-20(21-9-3-2-4-10-21)29-26(33)15-16-32(19-22-11-7-17-34-22)28-23-12-5-6-13-24(23)30-27(31-28)25-14-8-18-35-25/h2-14,17-18,20H,15-16,19H2,1H3,(H,29,33)/t20-/m1/s1. The van der Waals surface area contributed by atoms with Gasteiger partial charge in [0.1, 0.15) is 11.6 Å². The minimum atomic E-state index is -0.0625. The van der Waals surface area contributed by atoms with Gasteiger partial charge in [-0.05, 0) is 48.2 Å². The van der Waals surface area contributed by atoms with Crippen molar-refractivity contribution < 1.29 is 9.21 Å². The number of nitrogens with zero attached hydrogens (tertiary/aromatic N) is 3. The summed E-state index contributed by atoms with van der Waals surface area (Å²) in [5.41, 5.74) is 1.95. The summed E-state index contributed by atoms with van der Waals surface area (Å²) >= 11 is 1.61. The summed E-state index contributed by atoms with van der Waals surface area (Å²) in [6.07, 6.45) is 1.99. The highest BCUT2D eigenvalue weighted by molar-refractivity contribution is 7.13. The van der Waals surface area contributed by atoms with Crippen LogP contribution in [0.15, 0.2) is 94.9 Å². The third kappa shape index (κ3) is 5.41. The van der Waals surface area contributed by atoms with E-state index in [4.69, 9.17) is 14.4 Å². The lowest BCUT2D eigenvalue weighted by molar-refractivity contribution is -0.121. The smallest absolute Gasteiger partial charge is 0.222 e. The number of anilines is 1. The molecule has 0 saturated carbocycles. The van der Waals surface area contributed by atoms with Crippen LogP contribution in [0.2, 0.25) is 0 Å². The highest BCUT2D eigenvalue weighted by Crippen LogP contribution is 2.30. The molecule has 35 heavy (non-hydrogen) atoms. The summed E-state index contributed by atoms with van der Waals surface area (Å²) in [5.74, 6) is 2.27. The Bertz CT molecular complexity index is 1390. The van der Waals surface area contributed by atoms with Crippen LogP contribution in [-0.2, 0) is 11.3 Å². The number of rotatable bonds is 9. The van der Waals surface area contributed by atoms with Gasteiger partial charge in [-0.3, -0.25) is 4.79 Å². The number of hydrogen-bond acceptors (Lipinski definition) is 6. The Labute approximate surface area is 208 Å². The van der Waals surface area contributed by atoms with Crippen molar-refractivity contribution in [3.8, 4) is 10.7 Å². The van der Waals surface area contributed by atoms with E-state index < -0.39 is 0 Å². The molecule has 0 spiro atoms. The molecular formula is C28H26N4O2S. The van der Waals surface area contributed by atoms with Crippen molar-refractivity contribution in [3.05, 3.63) is 102 Å². The number of amides is 1. The van der Waals surface area contributed by atoms with Gasteiger partial charge in [0.25, 0.3) is 0 Å². The number of benzene rings is 2. The number of carbonyl (C=O) groups is 1. The quantitative estimate of drug-likeness (QED) is 0.270. The molecular weight excluding hydrogens is 456 g/mol.